The maximum atomic E-state index is 13.2. The monoisotopic (exact) mass is 388 g/mol. The van der Waals surface area contributed by atoms with E-state index in [0.717, 1.165) is 16.8 Å². The van der Waals surface area contributed by atoms with Gasteiger partial charge in [-0.2, -0.15) is 0 Å². The topological polar surface area (TPSA) is 58.1 Å². The number of carbonyl (C=O) groups is 1. The molecule has 0 aliphatic carbocycles. The van der Waals surface area contributed by atoms with Crippen molar-refractivity contribution < 1.29 is 4.79 Å². The zero-order chi connectivity index (χ0) is 20.8. The van der Waals surface area contributed by atoms with Gasteiger partial charge in [0.15, 0.2) is 0 Å². The first-order valence-electron chi connectivity index (χ1n) is 9.92. The van der Waals surface area contributed by atoms with Gasteiger partial charge in [-0.15, -0.1) is 0 Å². The molecule has 2 aromatic carbocycles. The van der Waals surface area contributed by atoms with Crippen LogP contribution in [0.2, 0.25) is 0 Å². The first-order chi connectivity index (χ1) is 13.9. The van der Waals surface area contributed by atoms with E-state index in [1.807, 2.05) is 62.1 Å². The van der Waals surface area contributed by atoms with Crippen molar-refractivity contribution in [2.45, 2.75) is 46.8 Å². The van der Waals surface area contributed by atoms with E-state index in [1.54, 1.807) is 6.07 Å². The van der Waals surface area contributed by atoms with Gasteiger partial charge in [0.2, 0.25) is 5.95 Å². The molecule has 0 saturated heterocycles. The lowest BCUT2D eigenvalue weighted by Gasteiger charge is -2.26. The van der Waals surface area contributed by atoms with E-state index in [1.165, 1.54) is 5.56 Å². The Labute approximate surface area is 172 Å². The molecule has 0 bridgehead atoms. The van der Waals surface area contributed by atoms with Gasteiger partial charge < -0.3 is 10.2 Å². The second-order valence-electron chi connectivity index (χ2n) is 7.57. The molecule has 5 heteroatoms. The van der Waals surface area contributed by atoms with Crippen LogP contribution in [0.4, 0.5) is 5.95 Å². The summed E-state index contributed by atoms with van der Waals surface area (Å²) < 4.78 is 0. The fraction of sp³-hybridized carbons (Fsp3) is 0.292. The molecule has 0 aliphatic heterocycles. The third-order valence-corrected chi connectivity index (χ3v) is 4.69. The van der Waals surface area contributed by atoms with Gasteiger partial charge in [0, 0.05) is 24.8 Å². The van der Waals surface area contributed by atoms with Gasteiger partial charge in [0.25, 0.3) is 5.91 Å². The van der Waals surface area contributed by atoms with E-state index in [-0.39, 0.29) is 11.9 Å². The number of aryl methyl sites for hydroxylation is 2. The number of nitrogens with one attached hydrogen (secondary N) is 1. The molecule has 29 heavy (non-hydrogen) atoms. The molecule has 3 rings (SSSR count). The molecule has 0 unspecified atom stereocenters. The van der Waals surface area contributed by atoms with E-state index < -0.39 is 0 Å². The highest BCUT2D eigenvalue weighted by Crippen LogP contribution is 2.15. The molecule has 3 aromatic rings. The second-order valence-corrected chi connectivity index (χ2v) is 7.57. The molecule has 0 atom stereocenters. The Morgan fingerprint density at radius 3 is 2.38 bits per heavy atom. The zero-order valence-electron chi connectivity index (χ0n) is 17.5. The lowest BCUT2D eigenvalue weighted by Crippen LogP contribution is -2.37. The molecule has 0 fully saturated rings. The number of anilines is 1. The Bertz CT molecular complexity index is 970. The Kier molecular flexibility index (Phi) is 6.60. The SMILES string of the molecule is Cc1cccc(CNc2nc(C)cc(C(=O)N(Cc3ccccc3)C(C)C)n2)c1. The summed E-state index contributed by atoms with van der Waals surface area (Å²) in [7, 11) is 0. The Morgan fingerprint density at radius 2 is 1.69 bits per heavy atom. The lowest BCUT2D eigenvalue weighted by atomic mass is 10.1. The largest absolute Gasteiger partial charge is 0.350 e. The second kappa shape index (κ2) is 9.32. The maximum absolute atomic E-state index is 13.2. The van der Waals surface area contributed by atoms with E-state index >= 15 is 0 Å². The summed E-state index contributed by atoms with van der Waals surface area (Å²) >= 11 is 0. The molecule has 1 amide bonds. The first kappa shape index (κ1) is 20.5. The van der Waals surface area contributed by atoms with Gasteiger partial charge in [-0.3, -0.25) is 4.79 Å². The van der Waals surface area contributed by atoms with Gasteiger partial charge >= 0.3 is 0 Å². The van der Waals surface area contributed by atoms with Crippen LogP contribution in [0.1, 0.15) is 46.7 Å². The summed E-state index contributed by atoms with van der Waals surface area (Å²) in [5.41, 5.74) is 4.63. The van der Waals surface area contributed by atoms with Crippen molar-refractivity contribution in [2.75, 3.05) is 5.32 Å². The quantitative estimate of drug-likeness (QED) is 0.634. The van der Waals surface area contributed by atoms with Crippen LogP contribution in [-0.2, 0) is 13.1 Å². The van der Waals surface area contributed by atoms with Crippen molar-refractivity contribution in [1.29, 1.82) is 0 Å². The summed E-state index contributed by atoms with van der Waals surface area (Å²) in [6, 6.07) is 20.1. The minimum Gasteiger partial charge on any atom is -0.350 e. The number of aromatic nitrogens is 2. The Hall–Kier alpha value is -3.21. The fourth-order valence-electron chi connectivity index (χ4n) is 3.18. The van der Waals surface area contributed by atoms with Crippen molar-refractivity contribution in [3.05, 3.63) is 88.7 Å². The van der Waals surface area contributed by atoms with Crippen LogP contribution < -0.4 is 5.32 Å². The summed E-state index contributed by atoms with van der Waals surface area (Å²) in [6.45, 7) is 9.14. The lowest BCUT2D eigenvalue weighted by molar-refractivity contribution is 0.0684. The van der Waals surface area contributed by atoms with Gasteiger partial charge in [0.05, 0.1) is 0 Å². The third-order valence-electron chi connectivity index (χ3n) is 4.69. The fourth-order valence-corrected chi connectivity index (χ4v) is 3.18. The van der Waals surface area contributed by atoms with Crippen LogP contribution in [0.25, 0.3) is 0 Å². The summed E-state index contributed by atoms with van der Waals surface area (Å²) in [5.74, 6) is 0.381. The van der Waals surface area contributed by atoms with E-state index in [4.69, 9.17) is 0 Å². The number of rotatable bonds is 7. The Morgan fingerprint density at radius 1 is 0.966 bits per heavy atom. The van der Waals surface area contributed by atoms with E-state index in [0.29, 0.717) is 24.7 Å². The molecule has 0 saturated carbocycles. The molecule has 1 heterocycles. The first-order valence-corrected chi connectivity index (χ1v) is 9.92. The predicted molar refractivity (Wildman–Crippen MR) is 117 cm³/mol. The van der Waals surface area contributed by atoms with Crippen molar-refractivity contribution in [2.24, 2.45) is 0 Å². The highest BCUT2D eigenvalue weighted by atomic mass is 16.2. The van der Waals surface area contributed by atoms with Gasteiger partial charge in [-0.05, 0) is 44.9 Å². The standard InChI is InChI=1S/C24H28N4O/c1-17(2)28(16-20-10-6-5-7-11-20)23(29)22-14-19(4)26-24(27-22)25-15-21-12-8-9-18(3)13-21/h5-14,17H,15-16H2,1-4H3,(H,25,26,27). The average Bonchev–Trinajstić information content (AvgIpc) is 2.70. The van der Waals surface area contributed by atoms with E-state index in [2.05, 4.69) is 40.4 Å². The van der Waals surface area contributed by atoms with Crippen molar-refractivity contribution in [1.82, 2.24) is 14.9 Å². The smallest absolute Gasteiger partial charge is 0.273 e. The maximum Gasteiger partial charge on any atom is 0.273 e. The third kappa shape index (κ3) is 5.64. The summed E-state index contributed by atoms with van der Waals surface area (Å²) in [6.07, 6.45) is 0. The molecule has 1 N–H and O–H groups in total. The predicted octanol–water partition coefficient (Wildman–Crippen LogP) is 4.76. The van der Waals surface area contributed by atoms with Crippen molar-refractivity contribution >= 4 is 11.9 Å². The number of hydrogen-bond acceptors (Lipinski definition) is 4. The molecule has 150 valence electrons. The number of nitrogens with zero attached hydrogens (tertiary/aromatic N) is 3. The molecule has 0 radical (unpaired) electrons. The highest BCUT2D eigenvalue weighted by Gasteiger charge is 2.21. The number of benzene rings is 2. The summed E-state index contributed by atoms with van der Waals surface area (Å²) in [4.78, 5) is 24.0. The number of amides is 1. The van der Waals surface area contributed by atoms with Crippen LogP contribution in [0.3, 0.4) is 0 Å². The van der Waals surface area contributed by atoms with Crippen molar-refractivity contribution in [3.63, 3.8) is 0 Å². The van der Waals surface area contributed by atoms with Crippen LogP contribution in [0, 0.1) is 13.8 Å². The van der Waals surface area contributed by atoms with Crippen LogP contribution >= 0.6 is 0 Å². The van der Waals surface area contributed by atoms with Crippen LogP contribution in [-0.4, -0.2) is 26.8 Å². The zero-order valence-corrected chi connectivity index (χ0v) is 17.5. The average molecular weight is 389 g/mol. The Balaban J connectivity index is 1.78. The van der Waals surface area contributed by atoms with Crippen LogP contribution in [0.15, 0.2) is 60.7 Å². The van der Waals surface area contributed by atoms with Gasteiger partial charge in [-0.25, -0.2) is 9.97 Å². The van der Waals surface area contributed by atoms with Gasteiger partial charge in [-0.1, -0.05) is 60.2 Å². The normalized spacial score (nSPS) is 10.8. The minimum atomic E-state index is -0.0899. The molecule has 0 aliphatic rings. The number of hydrogen-bond donors (Lipinski definition) is 1. The van der Waals surface area contributed by atoms with E-state index in [9.17, 15) is 4.79 Å². The van der Waals surface area contributed by atoms with Crippen LogP contribution in [0.5, 0.6) is 0 Å². The summed E-state index contributed by atoms with van der Waals surface area (Å²) in [5, 5.41) is 3.25. The molecule has 1 aromatic heterocycles. The molecule has 0 spiro atoms. The molecule has 5 nitrogen and oxygen atoms in total. The van der Waals surface area contributed by atoms with Gasteiger partial charge in [0.1, 0.15) is 5.69 Å². The molecular weight excluding hydrogens is 360 g/mol. The minimum absolute atomic E-state index is 0.0571. The number of carbonyl (C=O) groups excluding carboxylic acids is 1. The highest BCUT2D eigenvalue weighted by molar-refractivity contribution is 5.92. The van der Waals surface area contributed by atoms with Crippen molar-refractivity contribution in [3.8, 4) is 0 Å². The molecular formula is C24H28N4O.